The van der Waals surface area contributed by atoms with Gasteiger partial charge >= 0.3 is 0 Å². The van der Waals surface area contributed by atoms with E-state index in [0.29, 0.717) is 5.56 Å². The Morgan fingerprint density at radius 3 is 3.06 bits per heavy atom. The lowest BCUT2D eigenvalue weighted by Gasteiger charge is -2.17. The summed E-state index contributed by atoms with van der Waals surface area (Å²) < 4.78 is 7.21. The van der Waals surface area contributed by atoms with E-state index in [-0.39, 0.29) is 30.4 Å². The maximum atomic E-state index is 11.2. The van der Waals surface area contributed by atoms with Crippen LogP contribution in [0.3, 0.4) is 0 Å². The van der Waals surface area contributed by atoms with Crippen LogP contribution < -0.4 is 11.3 Å². The van der Waals surface area contributed by atoms with Crippen LogP contribution in [0, 0.1) is 6.92 Å². The van der Waals surface area contributed by atoms with Gasteiger partial charge in [-0.2, -0.15) is 4.98 Å². The van der Waals surface area contributed by atoms with Crippen molar-refractivity contribution < 1.29 is 9.84 Å². The summed E-state index contributed by atoms with van der Waals surface area (Å²) in [6.45, 7) is 1.69. The van der Waals surface area contributed by atoms with Crippen molar-refractivity contribution >= 4 is 5.95 Å². The first-order chi connectivity index (χ1) is 7.61. The number of hydrogen-bond acceptors (Lipinski definition) is 5. The molecular formula is C10H15N3O3. The minimum atomic E-state index is -0.314. The molecule has 1 aromatic rings. The zero-order chi connectivity index (χ0) is 11.7. The zero-order valence-corrected chi connectivity index (χ0v) is 9.09. The Labute approximate surface area is 92.7 Å². The van der Waals surface area contributed by atoms with E-state index in [4.69, 9.17) is 15.6 Å². The molecule has 16 heavy (non-hydrogen) atoms. The Balaban J connectivity index is 2.28. The van der Waals surface area contributed by atoms with Crippen LogP contribution in [0.15, 0.2) is 11.0 Å². The lowest BCUT2D eigenvalue weighted by molar-refractivity contribution is -0.0219. The van der Waals surface area contributed by atoms with Gasteiger partial charge in [0.2, 0.25) is 5.95 Å². The molecule has 6 nitrogen and oxygen atoms in total. The van der Waals surface area contributed by atoms with E-state index in [1.807, 2.05) is 0 Å². The van der Waals surface area contributed by atoms with E-state index < -0.39 is 0 Å². The molecule has 0 bridgehead atoms. The quantitative estimate of drug-likeness (QED) is 0.727. The van der Waals surface area contributed by atoms with Crippen LogP contribution in [0.25, 0.3) is 0 Å². The predicted molar refractivity (Wildman–Crippen MR) is 57.9 cm³/mol. The van der Waals surface area contributed by atoms with E-state index >= 15 is 0 Å². The van der Waals surface area contributed by atoms with Crippen LogP contribution in [-0.4, -0.2) is 27.4 Å². The molecule has 0 amide bonds. The van der Waals surface area contributed by atoms with Gasteiger partial charge in [-0.25, -0.2) is 0 Å². The molecule has 1 saturated heterocycles. The summed E-state index contributed by atoms with van der Waals surface area (Å²) in [6, 6.07) is 0. The van der Waals surface area contributed by atoms with Gasteiger partial charge in [0.1, 0.15) is 6.23 Å². The molecule has 0 aliphatic carbocycles. The first-order valence-corrected chi connectivity index (χ1v) is 5.23. The Morgan fingerprint density at radius 2 is 2.44 bits per heavy atom. The lowest BCUT2D eigenvalue weighted by atomic mass is 10.2. The molecule has 1 aromatic heterocycles. The Kier molecular flexibility index (Phi) is 2.93. The van der Waals surface area contributed by atoms with E-state index in [9.17, 15) is 4.79 Å². The minimum absolute atomic E-state index is 0.00299. The number of anilines is 1. The number of ether oxygens (including phenoxy) is 1. The number of aliphatic hydroxyl groups is 1. The van der Waals surface area contributed by atoms with Crippen molar-refractivity contribution in [3.8, 4) is 0 Å². The Bertz CT molecular complexity index is 443. The Hall–Kier alpha value is -1.40. The SMILES string of the molecule is Cc1cn([C@H]2CC[C@@H](CO)O2)c(N)nc1=O. The fourth-order valence-electron chi connectivity index (χ4n) is 1.84. The lowest BCUT2D eigenvalue weighted by Crippen LogP contribution is -2.22. The maximum absolute atomic E-state index is 11.2. The summed E-state index contributed by atoms with van der Waals surface area (Å²) >= 11 is 0. The summed E-state index contributed by atoms with van der Waals surface area (Å²) in [5, 5.41) is 8.97. The van der Waals surface area contributed by atoms with Gasteiger partial charge in [0.25, 0.3) is 5.56 Å². The molecule has 0 unspecified atom stereocenters. The summed E-state index contributed by atoms with van der Waals surface area (Å²) in [7, 11) is 0. The predicted octanol–water partition coefficient (Wildman–Crippen LogP) is -0.196. The van der Waals surface area contributed by atoms with E-state index in [0.717, 1.165) is 12.8 Å². The molecule has 1 aliphatic rings. The molecule has 1 fully saturated rings. The number of nitrogens with zero attached hydrogens (tertiary/aromatic N) is 2. The highest BCUT2D eigenvalue weighted by atomic mass is 16.5. The molecule has 2 atom stereocenters. The second-order valence-electron chi connectivity index (χ2n) is 3.97. The fraction of sp³-hybridized carbons (Fsp3) is 0.600. The first kappa shape index (κ1) is 11.1. The van der Waals surface area contributed by atoms with Gasteiger partial charge in [-0.15, -0.1) is 0 Å². The van der Waals surface area contributed by atoms with E-state index in [1.54, 1.807) is 17.7 Å². The third-order valence-electron chi connectivity index (χ3n) is 2.75. The monoisotopic (exact) mass is 225 g/mol. The van der Waals surface area contributed by atoms with Crippen molar-refractivity contribution in [2.75, 3.05) is 12.3 Å². The smallest absolute Gasteiger partial charge is 0.277 e. The molecule has 0 saturated carbocycles. The van der Waals surface area contributed by atoms with Gasteiger partial charge in [-0.05, 0) is 19.8 Å². The Morgan fingerprint density at radius 1 is 1.69 bits per heavy atom. The van der Waals surface area contributed by atoms with Crippen molar-refractivity contribution in [3.05, 3.63) is 22.1 Å². The van der Waals surface area contributed by atoms with Gasteiger partial charge in [0.15, 0.2) is 0 Å². The standard InChI is InChI=1S/C10H15N3O3/c1-6-4-13(10(11)12-9(6)15)8-3-2-7(5-14)16-8/h4,7-8,14H,2-3,5H2,1H3,(H2,11,12,15)/t7-,8+/m0/s1. The molecule has 0 aromatic carbocycles. The molecular weight excluding hydrogens is 210 g/mol. The largest absolute Gasteiger partial charge is 0.394 e. The summed E-state index contributed by atoms with van der Waals surface area (Å²) in [6.07, 6.45) is 2.81. The zero-order valence-electron chi connectivity index (χ0n) is 9.09. The van der Waals surface area contributed by atoms with E-state index in [2.05, 4.69) is 4.98 Å². The number of nitrogens with two attached hydrogens (primary N) is 1. The fourth-order valence-corrected chi connectivity index (χ4v) is 1.84. The first-order valence-electron chi connectivity index (χ1n) is 5.23. The molecule has 2 heterocycles. The van der Waals surface area contributed by atoms with Crippen LogP contribution in [0.5, 0.6) is 0 Å². The number of aromatic nitrogens is 2. The summed E-state index contributed by atoms with van der Waals surface area (Å²) in [5.41, 5.74) is 5.88. The van der Waals surface area contributed by atoms with E-state index in [1.165, 1.54) is 0 Å². The highest BCUT2D eigenvalue weighted by Gasteiger charge is 2.26. The van der Waals surface area contributed by atoms with Gasteiger partial charge < -0.3 is 15.6 Å². The maximum Gasteiger partial charge on any atom is 0.277 e. The molecule has 0 radical (unpaired) electrons. The molecule has 1 aliphatic heterocycles. The molecule has 88 valence electrons. The van der Waals surface area contributed by atoms with Crippen molar-refractivity contribution in [1.82, 2.24) is 9.55 Å². The van der Waals surface area contributed by atoms with Crippen molar-refractivity contribution in [2.24, 2.45) is 0 Å². The molecule has 2 rings (SSSR count). The van der Waals surface area contributed by atoms with Crippen molar-refractivity contribution in [2.45, 2.75) is 32.1 Å². The number of aliphatic hydroxyl groups excluding tert-OH is 1. The van der Waals surface area contributed by atoms with Crippen molar-refractivity contribution in [3.63, 3.8) is 0 Å². The second-order valence-corrected chi connectivity index (χ2v) is 3.97. The summed E-state index contributed by atoms with van der Waals surface area (Å²) in [5.74, 6) is 0.152. The van der Waals surface area contributed by atoms with Crippen LogP contribution in [-0.2, 0) is 4.74 Å². The number of rotatable bonds is 2. The normalized spacial score (nSPS) is 24.9. The van der Waals surface area contributed by atoms with Crippen LogP contribution >= 0.6 is 0 Å². The minimum Gasteiger partial charge on any atom is -0.394 e. The van der Waals surface area contributed by atoms with Gasteiger partial charge in [0, 0.05) is 11.8 Å². The van der Waals surface area contributed by atoms with Gasteiger partial charge in [0.05, 0.1) is 12.7 Å². The number of nitrogen functional groups attached to an aromatic ring is 1. The average molecular weight is 225 g/mol. The molecule has 6 heteroatoms. The highest BCUT2D eigenvalue weighted by molar-refractivity contribution is 5.20. The van der Waals surface area contributed by atoms with Crippen molar-refractivity contribution in [1.29, 1.82) is 0 Å². The van der Waals surface area contributed by atoms with Crippen LogP contribution in [0.1, 0.15) is 24.6 Å². The molecule has 0 spiro atoms. The third-order valence-corrected chi connectivity index (χ3v) is 2.75. The third kappa shape index (κ3) is 1.94. The molecule has 3 N–H and O–H groups in total. The number of hydrogen-bond donors (Lipinski definition) is 2. The topological polar surface area (TPSA) is 90.4 Å². The highest BCUT2D eigenvalue weighted by Crippen LogP contribution is 2.28. The van der Waals surface area contributed by atoms with Gasteiger partial charge in [-0.1, -0.05) is 0 Å². The van der Waals surface area contributed by atoms with Crippen LogP contribution in [0.4, 0.5) is 5.95 Å². The number of aryl methyl sites for hydroxylation is 1. The summed E-state index contributed by atoms with van der Waals surface area (Å²) in [4.78, 5) is 15.0. The second kappa shape index (κ2) is 4.23. The van der Waals surface area contributed by atoms with Crippen LogP contribution in [0.2, 0.25) is 0 Å². The van der Waals surface area contributed by atoms with Gasteiger partial charge in [-0.3, -0.25) is 9.36 Å². The average Bonchev–Trinajstić information content (AvgIpc) is 2.71.